The van der Waals surface area contributed by atoms with E-state index in [2.05, 4.69) is 62.6 Å². The number of hydrogen-bond donors (Lipinski definition) is 2. The fourth-order valence-electron chi connectivity index (χ4n) is 3.46. The SMILES string of the molecule is CN=C(NCCSc1ccccc1)NCC1(N2CCOCC2)CCSC1.I. The van der Waals surface area contributed by atoms with Crippen LogP contribution in [0, 0.1) is 0 Å². The molecule has 152 valence electrons. The third-order valence-corrected chi connectivity index (χ3v) is 7.23. The number of aliphatic imine (C=N–C) groups is 1. The molecule has 0 aliphatic carbocycles. The average Bonchev–Trinajstić information content (AvgIpc) is 3.19. The highest BCUT2D eigenvalue weighted by Crippen LogP contribution is 2.33. The Kier molecular flexibility index (Phi) is 10.6. The number of thioether (sulfide) groups is 2. The van der Waals surface area contributed by atoms with E-state index in [0.29, 0.717) is 0 Å². The maximum Gasteiger partial charge on any atom is 0.191 e. The van der Waals surface area contributed by atoms with Crippen molar-refractivity contribution >= 4 is 53.5 Å². The molecule has 2 fully saturated rings. The van der Waals surface area contributed by atoms with Crippen LogP contribution in [0.3, 0.4) is 0 Å². The van der Waals surface area contributed by atoms with Crippen molar-refractivity contribution in [2.75, 3.05) is 63.7 Å². The summed E-state index contributed by atoms with van der Waals surface area (Å²) in [6.07, 6.45) is 1.24. The van der Waals surface area contributed by atoms with Crippen molar-refractivity contribution in [1.29, 1.82) is 0 Å². The van der Waals surface area contributed by atoms with Crippen LogP contribution in [-0.4, -0.2) is 80.1 Å². The minimum absolute atomic E-state index is 0. The zero-order valence-electron chi connectivity index (χ0n) is 16.0. The molecule has 0 radical (unpaired) electrons. The van der Waals surface area contributed by atoms with E-state index < -0.39 is 0 Å². The van der Waals surface area contributed by atoms with E-state index in [1.165, 1.54) is 22.8 Å². The Morgan fingerprint density at radius 2 is 2.04 bits per heavy atom. The van der Waals surface area contributed by atoms with Gasteiger partial charge in [-0.1, -0.05) is 18.2 Å². The Labute approximate surface area is 188 Å². The van der Waals surface area contributed by atoms with Crippen LogP contribution in [0.5, 0.6) is 0 Å². The molecule has 5 nitrogen and oxygen atoms in total. The maximum atomic E-state index is 5.55. The molecule has 2 N–H and O–H groups in total. The second-order valence-electron chi connectivity index (χ2n) is 6.64. The summed E-state index contributed by atoms with van der Waals surface area (Å²) in [6, 6.07) is 10.5. The minimum atomic E-state index is 0. The third kappa shape index (κ3) is 6.99. The summed E-state index contributed by atoms with van der Waals surface area (Å²) in [5.41, 5.74) is 0.241. The molecular formula is C19H31IN4OS2. The van der Waals surface area contributed by atoms with Gasteiger partial charge in [0.25, 0.3) is 0 Å². The van der Waals surface area contributed by atoms with Gasteiger partial charge in [-0.3, -0.25) is 9.89 Å². The van der Waals surface area contributed by atoms with Crippen LogP contribution in [0.4, 0.5) is 0 Å². The molecule has 0 bridgehead atoms. The summed E-state index contributed by atoms with van der Waals surface area (Å²) < 4.78 is 5.55. The molecule has 3 rings (SSSR count). The lowest BCUT2D eigenvalue weighted by Crippen LogP contribution is -2.60. The molecule has 2 saturated heterocycles. The van der Waals surface area contributed by atoms with Crippen molar-refractivity contribution in [2.24, 2.45) is 4.99 Å². The van der Waals surface area contributed by atoms with Gasteiger partial charge < -0.3 is 15.4 Å². The maximum absolute atomic E-state index is 5.55. The number of ether oxygens (including phenoxy) is 1. The number of nitrogens with zero attached hydrogens (tertiary/aromatic N) is 2. The molecule has 1 atom stereocenters. The Balaban J connectivity index is 0.00000261. The summed E-state index contributed by atoms with van der Waals surface area (Å²) in [7, 11) is 1.85. The molecule has 0 saturated carbocycles. The molecule has 2 aliphatic heterocycles. The van der Waals surface area contributed by atoms with Crippen LogP contribution in [0.25, 0.3) is 0 Å². The highest BCUT2D eigenvalue weighted by molar-refractivity contribution is 14.0. The van der Waals surface area contributed by atoms with E-state index in [-0.39, 0.29) is 29.5 Å². The highest BCUT2D eigenvalue weighted by atomic mass is 127. The van der Waals surface area contributed by atoms with Gasteiger partial charge in [0.1, 0.15) is 0 Å². The highest BCUT2D eigenvalue weighted by Gasteiger charge is 2.40. The number of guanidine groups is 1. The second kappa shape index (κ2) is 12.4. The molecule has 2 heterocycles. The van der Waals surface area contributed by atoms with Crippen LogP contribution in [0.2, 0.25) is 0 Å². The van der Waals surface area contributed by atoms with Gasteiger partial charge in [0.15, 0.2) is 5.96 Å². The van der Waals surface area contributed by atoms with Gasteiger partial charge >= 0.3 is 0 Å². The number of nitrogens with one attached hydrogen (secondary N) is 2. The first kappa shape index (κ1) is 23.1. The smallest absolute Gasteiger partial charge is 0.191 e. The lowest BCUT2D eigenvalue weighted by atomic mass is 9.95. The van der Waals surface area contributed by atoms with Crippen molar-refractivity contribution in [3.63, 3.8) is 0 Å². The zero-order valence-corrected chi connectivity index (χ0v) is 19.9. The first-order valence-electron chi connectivity index (χ1n) is 9.35. The fourth-order valence-corrected chi connectivity index (χ4v) is 5.73. The van der Waals surface area contributed by atoms with Crippen LogP contribution in [-0.2, 0) is 4.74 Å². The Morgan fingerprint density at radius 3 is 2.70 bits per heavy atom. The van der Waals surface area contributed by atoms with Crippen molar-refractivity contribution in [3.8, 4) is 0 Å². The summed E-state index contributed by atoms with van der Waals surface area (Å²) >= 11 is 3.93. The number of benzene rings is 1. The fraction of sp³-hybridized carbons (Fsp3) is 0.632. The van der Waals surface area contributed by atoms with Crippen molar-refractivity contribution in [3.05, 3.63) is 30.3 Å². The monoisotopic (exact) mass is 522 g/mol. The topological polar surface area (TPSA) is 48.9 Å². The lowest BCUT2D eigenvalue weighted by Gasteiger charge is -2.43. The Bertz CT molecular complexity index is 564. The van der Waals surface area contributed by atoms with Crippen LogP contribution in [0.1, 0.15) is 6.42 Å². The number of rotatable bonds is 7. The largest absolute Gasteiger partial charge is 0.379 e. The molecule has 1 aromatic rings. The molecule has 0 spiro atoms. The van der Waals surface area contributed by atoms with E-state index >= 15 is 0 Å². The quantitative estimate of drug-likeness (QED) is 0.189. The predicted molar refractivity (Wildman–Crippen MR) is 129 cm³/mol. The van der Waals surface area contributed by atoms with Gasteiger partial charge in [-0.15, -0.1) is 35.7 Å². The Morgan fingerprint density at radius 1 is 1.26 bits per heavy atom. The normalized spacial score (nSPS) is 23.7. The van der Waals surface area contributed by atoms with Crippen LogP contribution < -0.4 is 10.6 Å². The van der Waals surface area contributed by atoms with Gasteiger partial charge in [0.2, 0.25) is 0 Å². The number of halogens is 1. The third-order valence-electron chi connectivity index (χ3n) is 4.98. The van der Waals surface area contributed by atoms with Crippen molar-refractivity contribution in [1.82, 2.24) is 15.5 Å². The Hall–Kier alpha value is -0.160. The first-order valence-corrected chi connectivity index (χ1v) is 11.5. The second-order valence-corrected chi connectivity index (χ2v) is 8.91. The minimum Gasteiger partial charge on any atom is -0.379 e. The van der Waals surface area contributed by atoms with Gasteiger partial charge in [-0.2, -0.15) is 11.8 Å². The van der Waals surface area contributed by atoms with E-state index in [4.69, 9.17) is 4.74 Å². The van der Waals surface area contributed by atoms with Crippen molar-refractivity contribution < 1.29 is 4.74 Å². The number of hydrogen-bond acceptors (Lipinski definition) is 5. The molecule has 27 heavy (non-hydrogen) atoms. The summed E-state index contributed by atoms with van der Waals surface area (Å²) in [5.74, 6) is 4.37. The zero-order chi connectivity index (χ0) is 18.1. The van der Waals surface area contributed by atoms with E-state index in [1.807, 2.05) is 18.8 Å². The first-order chi connectivity index (χ1) is 12.8. The number of morpholine rings is 1. The average molecular weight is 523 g/mol. The van der Waals surface area contributed by atoms with E-state index in [9.17, 15) is 0 Å². The molecule has 1 aromatic carbocycles. The van der Waals surface area contributed by atoms with Gasteiger partial charge in [0.05, 0.1) is 13.2 Å². The molecule has 8 heteroatoms. The molecule has 2 aliphatic rings. The van der Waals surface area contributed by atoms with Crippen LogP contribution >= 0.6 is 47.5 Å². The summed E-state index contributed by atoms with van der Waals surface area (Å²) in [4.78, 5) is 8.34. The summed E-state index contributed by atoms with van der Waals surface area (Å²) in [5, 5.41) is 7.03. The molecule has 0 amide bonds. The molecule has 1 unspecified atom stereocenters. The van der Waals surface area contributed by atoms with E-state index in [0.717, 1.165) is 51.1 Å². The lowest BCUT2D eigenvalue weighted by molar-refractivity contribution is -0.0120. The summed E-state index contributed by atoms with van der Waals surface area (Å²) in [6.45, 7) is 5.65. The molecular weight excluding hydrogens is 491 g/mol. The molecule has 0 aromatic heterocycles. The van der Waals surface area contributed by atoms with Gasteiger partial charge in [0, 0.05) is 55.2 Å². The van der Waals surface area contributed by atoms with Crippen LogP contribution in [0.15, 0.2) is 40.2 Å². The van der Waals surface area contributed by atoms with E-state index in [1.54, 1.807) is 0 Å². The van der Waals surface area contributed by atoms with Crippen molar-refractivity contribution in [2.45, 2.75) is 16.9 Å². The van der Waals surface area contributed by atoms with Gasteiger partial charge in [-0.05, 0) is 24.3 Å². The predicted octanol–water partition coefficient (Wildman–Crippen LogP) is 2.77. The standard InChI is InChI=1S/C19H30N4OS2.HI/c1-20-18(21-8-14-26-17-5-3-2-4-6-17)22-15-19(7-13-25-16-19)23-9-11-24-12-10-23;/h2-6H,7-16H2,1H3,(H2,20,21,22);1H. The van der Waals surface area contributed by atoms with Gasteiger partial charge in [-0.25, -0.2) is 0 Å².